The van der Waals surface area contributed by atoms with Gasteiger partial charge >= 0.3 is 0 Å². The summed E-state index contributed by atoms with van der Waals surface area (Å²) >= 11 is 0. The third-order valence-electron chi connectivity index (χ3n) is 1.50. The van der Waals surface area contributed by atoms with E-state index in [2.05, 4.69) is 10.9 Å². The second-order valence-corrected chi connectivity index (χ2v) is 2.05. The van der Waals surface area contributed by atoms with Gasteiger partial charge in [0.15, 0.2) is 0 Å². The quantitative estimate of drug-likeness (QED) is 0.410. The highest BCUT2D eigenvalue weighted by Crippen LogP contribution is 2.40. The molecule has 6 heavy (non-hydrogen) atoms. The summed E-state index contributed by atoms with van der Waals surface area (Å²) in [6, 6.07) is 3.67. The monoisotopic (exact) mass is 80.0 g/mol. The fourth-order valence-corrected chi connectivity index (χ4v) is 0.896. The van der Waals surface area contributed by atoms with Crippen LogP contribution in [-0.4, -0.2) is 6.04 Å². The van der Waals surface area contributed by atoms with Gasteiger partial charge in [0.25, 0.3) is 12.1 Å². The minimum Gasteiger partial charge on any atom is -0.0800 e. The van der Waals surface area contributed by atoms with E-state index in [9.17, 15) is 0 Å². The average Bonchev–Trinajstić information content (AvgIpc) is 2.17. The van der Waals surface area contributed by atoms with Gasteiger partial charge in [-0.1, -0.05) is 4.85 Å². The molecule has 0 bridgehead atoms. The Morgan fingerprint density at radius 1 is 1.67 bits per heavy atom. The van der Waals surface area contributed by atoms with Crippen molar-refractivity contribution < 1.29 is 0 Å². The molecule has 0 saturated heterocycles. The van der Waals surface area contributed by atoms with Crippen LogP contribution < -0.4 is 0 Å². The Bertz CT molecular complexity index is 129. The molecule has 0 radical (unpaired) electrons. The van der Waals surface area contributed by atoms with E-state index in [0.717, 1.165) is 18.4 Å². The summed E-state index contributed by atoms with van der Waals surface area (Å²) in [7, 11) is 0. The molecule has 0 amide bonds. The van der Waals surface area contributed by atoms with E-state index < -0.39 is 0 Å². The minimum atomic E-state index is 0.727. The minimum absolute atomic E-state index is 0.727. The molecule has 1 heterocycles. The van der Waals surface area contributed by atoms with E-state index >= 15 is 0 Å². The lowest BCUT2D eigenvalue weighted by atomic mass is 10.3. The molecule has 2 atom stereocenters. The number of rotatable bonds is 0. The maximum absolute atomic E-state index is 4.06. The van der Waals surface area contributed by atoms with Crippen molar-refractivity contribution >= 4 is 0 Å². The van der Waals surface area contributed by atoms with Crippen LogP contribution in [0.4, 0.5) is 0 Å². The zero-order valence-corrected chi connectivity index (χ0v) is 3.52. The van der Waals surface area contributed by atoms with E-state index in [1.165, 1.54) is 6.42 Å². The van der Waals surface area contributed by atoms with Crippen molar-refractivity contribution in [2.45, 2.75) is 18.9 Å². The molecule has 0 aromatic rings. The highest BCUT2D eigenvalue weighted by molar-refractivity contribution is 5.16. The maximum Gasteiger partial charge on any atom is 0.277 e. The summed E-state index contributed by atoms with van der Waals surface area (Å²) < 4.78 is 0. The summed E-state index contributed by atoms with van der Waals surface area (Å²) in [4.78, 5) is 4.06. The predicted octanol–water partition coefficient (Wildman–Crippen LogP) is 1.11. The first-order chi connectivity index (χ1) is 2.97. The number of hydrogen-bond acceptors (Lipinski definition) is 0. The summed E-state index contributed by atoms with van der Waals surface area (Å²) in [6.45, 7) is 0. The fraction of sp³-hybridized carbons (Fsp3) is 0.800. The van der Waals surface area contributed by atoms with Gasteiger partial charge in [0.05, 0.1) is 12.3 Å². The van der Waals surface area contributed by atoms with Crippen molar-refractivity contribution in [3.63, 3.8) is 0 Å². The molecular weight excluding hydrogens is 74.1 g/mol. The molecule has 1 nitrogen and oxygen atoms in total. The Hall–Kier alpha value is -0.510. The van der Waals surface area contributed by atoms with Crippen molar-refractivity contribution in [1.82, 2.24) is 0 Å². The number of hydrogen-bond donors (Lipinski definition) is 0. The van der Waals surface area contributed by atoms with Gasteiger partial charge in [0.1, 0.15) is 0 Å². The zero-order valence-electron chi connectivity index (χ0n) is 3.52. The van der Waals surface area contributed by atoms with Gasteiger partial charge in [0, 0.05) is 6.42 Å². The third kappa shape index (κ3) is 0.164. The Labute approximate surface area is 36.8 Å². The van der Waals surface area contributed by atoms with E-state index in [1.807, 2.05) is 0 Å². The first kappa shape index (κ1) is 2.63. The van der Waals surface area contributed by atoms with E-state index in [4.69, 9.17) is 0 Å². The molecular formula is C5H6N+. The lowest BCUT2D eigenvalue weighted by Crippen LogP contribution is -1.67. The Balaban J connectivity index is 2.33. The van der Waals surface area contributed by atoms with Crippen molar-refractivity contribution in [3.8, 4) is 6.07 Å². The van der Waals surface area contributed by atoms with Crippen molar-refractivity contribution in [3.05, 3.63) is 4.85 Å². The van der Waals surface area contributed by atoms with Crippen LogP contribution in [0.3, 0.4) is 0 Å². The smallest absolute Gasteiger partial charge is 0.0800 e. The zero-order chi connectivity index (χ0) is 3.98. The highest BCUT2D eigenvalue weighted by atomic mass is 14.8. The third-order valence-corrected chi connectivity index (χ3v) is 1.50. The van der Waals surface area contributed by atoms with Crippen LogP contribution in [0.1, 0.15) is 12.8 Å². The first-order valence-corrected chi connectivity index (χ1v) is 2.39. The fourth-order valence-electron chi connectivity index (χ4n) is 0.896. The normalized spacial score (nSPS) is 46.7. The van der Waals surface area contributed by atoms with Crippen molar-refractivity contribution in [2.75, 3.05) is 0 Å². The largest absolute Gasteiger partial charge is 0.277 e. The molecule has 0 spiro atoms. The number of fused-ring (bicyclic) bond motifs is 1. The molecule has 2 rings (SSSR count). The summed E-state index contributed by atoms with van der Waals surface area (Å²) in [6.07, 6.45) is 2.50. The predicted molar refractivity (Wildman–Crippen MR) is 23.8 cm³/mol. The summed E-state index contributed by atoms with van der Waals surface area (Å²) in [5.41, 5.74) is 0. The topological polar surface area (TPSA) is 4.36 Å². The maximum atomic E-state index is 4.06. The van der Waals surface area contributed by atoms with Crippen LogP contribution >= 0.6 is 0 Å². The lowest BCUT2D eigenvalue weighted by molar-refractivity contribution is 0.894. The van der Waals surface area contributed by atoms with Crippen LogP contribution in [0.15, 0.2) is 0 Å². The van der Waals surface area contributed by atoms with Gasteiger partial charge in [-0.2, -0.15) is 0 Å². The molecule has 1 heteroatoms. The van der Waals surface area contributed by atoms with Gasteiger partial charge in [-0.25, -0.2) is 0 Å². The van der Waals surface area contributed by atoms with Gasteiger partial charge in [-0.15, -0.1) is 0 Å². The number of nitrogens with zero attached hydrogens (tertiary/aromatic N) is 1. The first-order valence-electron chi connectivity index (χ1n) is 2.39. The van der Waals surface area contributed by atoms with E-state index in [0.29, 0.717) is 0 Å². The van der Waals surface area contributed by atoms with Gasteiger partial charge in [-0.3, -0.25) is 0 Å². The Morgan fingerprint density at radius 3 is 2.83 bits per heavy atom. The molecule has 1 aliphatic carbocycles. The van der Waals surface area contributed by atoms with Gasteiger partial charge in [-0.05, 0) is 0 Å². The van der Waals surface area contributed by atoms with Crippen LogP contribution in [-0.2, 0) is 0 Å². The molecule has 0 N–H and O–H groups in total. The SMILES string of the molecule is C1#[N+]C2CC2C1. The van der Waals surface area contributed by atoms with Crippen molar-refractivity contribution in [1.29, 1.82) is 0 Å². The molecule has 30 valence electrons. The highest BCUT2D eigenvalue weighted by Gasteiger charge is 2.51. The Kier molecular flexibility index (Phi) is 0.266. The standard InChI is InChI=1S/C5H6N/c1-2-6-5-3-4(1)5/h4-5H,1,3H2/q+1. The average molecular weight is 80.1 g/mol. The Morgan fingerprint density at radius 2 is 2.67 bits per heavy atom. The molecule has 1 aliphatic heterocycles. The summed E-state index contributed by atoms with van der Waals surface area (Å²) in [5.74, 6) is 0.935. The molecule has 1 saturated carbocycles. The van der Waals surface area contributed by atoms with Crippen LogP contribution in [0.25, 0.3) is 4.85 Å². The van der Waals surface area contributed by atoms with Crippen molar-refractivity contribution in [2.24, 2.45) is 5.92 Å². The lowest BCUT2D eigenvalue weighted by Gasteiger charge is -1.57. The van der Waals surface area contributed by atoms with Crippen LogP contribution in [0.5, 0.6) is 0 Å². The van der Waals surface area contributed by atoms with Crippen LogP contribution in [0, 0.1) is 12.0 Å². The van der Waals surface area contributed by atoms with Gasteiger partial charge in [0.2, 0.25) is 0 Å². The molecule has 2 unspecified atom stereocenters. The molecule has 0 aromatic heterocycles. The summed E-state index contributed by atoms with van der Waals surface area (Å²) in [5, 5.41) is 0. The molecule has 1 fully saturated rings. The van der Waals surface area contributed by atoms with Gasteiger partial charge < -0.3 is 0 Å². The van der Waals surface area contributed by atoms with Crippen LogP contribution in [0.2, 0.25) is 0 Å². The van der Waals surface area contributed by atoms with E-state index in [-0.39, 0.29) is 0 Å². The second kappa shape index (κ2) is 0.607. The van der Waals surface area contributed by atoms with E-state index in [1.54, 1.807) is 0 Å². The molecule has 2 aliphatic rings. The molecule has 0 aromatic carbocycles. The second-order valence-electron chi connectivity index (χ2n) is 2.05.